The van der Waals surface area contributed by atoms with Crippen LogP contribution in [-0.2, 0) is 10.5 Å². The van der Waals surface area contributed by atoms with Crippen molar-refractivity contribution >= 4 is 29.4 Å². The molecule has 2 fully saturated rings. The lowest BCUT2D eigenvalue weighted by Crippen LogP contribution is -2.38. The number of hydrogen-bond donors (Lipinski definition) is 0. The van der Waals surface area contributed by atoms with E-state index < -0.39 is 0 Å². The number of fused-ring (bicyclic) bond motifs is 2. The molecule has 0 N–H and O–H groups in total. The lowest BCUT2D eigenvalue weighted by Gasteiger charge is -2.32. The third-order valence-corrected chi connectivity index (χ3v) is 9.06. The van der Waals surface area contributed by atoms with Crippen molar-refractivity contribution < 1.29 is 9.21 Å². The van der Waals surface area contributed by atoms with Gasteiger partial charge >= 0.3 is 0 Å². The van der Waals surface area contributed by atoms with Crippen LogP contribution in [0.3, 0.4) is 0 Å². The molecular weight excluding hydrogens is 326 g/mol. The average molecular weight is 352 g/mol. The fraction of sp³-hybridized carbons (Fsp3) is 0.722. The maximum atomic E-state index is 13.0. The summed E-state index contributed by atoms with van der Waals surface area (Å²) in [6.45, 7) is 6.13. The highest BCUT2D eigenvalue weighted by Gasteiger charge is 2.45. The van der Waals surface area contributed by atoms with Crippen LogP contribution >= 0.6 is 23.5 Å². The zero-order chi connectivity index (χ0) is 16.0. The maximum absolute atomic E-state index is 13.0. The molecule has 2 aliphatic heterocycles. The van der Waals surface area contributed by atoms with Gasteiger partial charge < -0.3 is 9.32 Å². The molecule has 2 saturated heterocycles. The van der Waals surface area contributed by atoms with Crippen molar-refractivity contribution in [2.75, 3.05) is 24.6 Å². The fourth-order valence-electron chi connectivity index (χ4n) is 4.16. The highest BCUT2D eigenvalue weighted by molar-refractivity contribution is 8.20. The van der Waals surface area contributed by atoms with E-state index in [4.69, 9.17) is 4.42 Å². The standard InChI is InChI=1S/C18H25NO2S2/c1-12-5-8-19(9-6-12)17(20)16-13(2)15-14(21-16)4-3-7-18(15)22-10-11-23-18/h12H,3-11H2,1-2H3. The Balaban J connectivity index is 1.66. The predicted molar refractivity (Wildman–Crippen MR) is 97.3 cm³/mol. The summed E-state index contributed by atoms with van der Waals surface area (Å²) in [5.41, 5.74) is 2.47. The van der Waals surface area contributed by atoms with Crippen molar-refractivity contribution in [3.63, 3.8) is 0 Å². The Kier molecular flexibility index (Phi) is 4.21. The molecule has 0 radical (unpaired) electrons. The van der Waals surface area contributed by atoms with Gasteiger partial charge in [-0.1, -0.05) is 6.92 Å². The van der Waals surface area contributed by atoms with Crippen LogP contribution in [0.15, 0.2) is 4.42 Å². The minimum Gasteiger partial charge on any atom is -0.455 e. The first kappa shape index (κ1) is 15.9. The second kappa shape index (κ2) is 6.07. The number of rotatable bonds is 1. The Morgan fingerprint density at radius 3 is 2.65 bits per heavy atom. The average Bonchev–Trinajstić information content (AvgIpc) is 3.14. The van der Waals surface area contributed by atoms with Gasteiger partial charge in [-0.25, -0.2) is 0 Å². The Morgan fingerprint density at radius 1 is 1.26 bits per heavy atom. The van der Waals surface area contributed by atoms with Crippen molar-refractivity contribution in [3.8, 4) is 0 Å². The van der Waals surface area contributed by atoms with Gasteiger partial charge in [-0.2, -0.15) is 0 Å². The lowest BCUT2D eigenvalue weighted by atomic mass is 9.93. The number of piperidine rings is 1. The van der Waals surface area contributed by atoms with E-state index >= 15 is 0 Å². The largest absolute Gasteiger partial charge is 0.455 e. The number of carbonyl (C=O) groups is 1. The fourth-order valence-corrected chi connectivity index (χ4v) is 7.72. The van der Waals surface area contributed by atoms with Crippen LogP contribution in [0.4, 0.5) is 0 Å². The van der Waals surface area contributed by atoms with Gasteiger partial charge in [0.15, 0.2) is 5.76 Å². The quantitative estimate of drug-likeness (QED) is 0.749. The third-order valence-electron chi connectivity index (χ3n) is 5.53. The second-order valence-corrected chi connectivity index (χ2v) is 10.2. The van der Waals surface area contributed by atoms with Crippen LogP contribution < -0.4 is 0 Å². The second-order valence-electron chi connectivity index (χ2n) is 7.13. The van der Waals surface area contributed by atoms with Gasteiger partial charge in [0.25, 0.3) is 5.91 Å². The van der Waals surface area contributed by atoms with Crippen LogP contribution in [0.2, 0.25) is 0 Å². The summed E-state index contributed by atoms with van der Waals surface area (Å²) in [5.74, 6) is 4.99. The maximum Gasteiger partial charge on any atom is 0.289 e. The molecular formula is C18H25NO2S2. The van der Waals surface area contributed by atoms with Crippen molar-refractivity contribution in [1.82, 2.24) is 4.90 Å². The third kappa shape index (κ3) is 2.64. The van der Waals surface area contributed by atoms with E-state index in [0.29, 0.717) is 5.76 Å². The molecule has 126 valence electrons. The monoisotopic (exact) mass is 351 g/mol. The van der Waals surface area contributed by atoms with Gasteiger partial charge in [0.1, 0.15) is 5.76 Å². The Hall–Kier alpha value is -0.550. The van der Waals surface area contributed by atoms with Gasteiger partial charge in [-0.15, -0.1) is 23.5 Å². The molecule has 1 spiro atoms. The number of nitrogens with zero attached hydrogens (tertiary/aromatic N) is 1. The molecule has 3 nitrogen and oxygen atoms in total. The first-order valence-electron chi connectivity index (χ1n) is 8.80. The number of thioether (sulfide) groups is 2. The number of aryl methyl sites for hydroxylation is 1. The van der Waals surface area contributed by atoms with Gasteiger partial charge in [-0.05, 0) is 38.5 Å². The molecule has 1 aliphatic carbocycles. The van der Waals surface area contributed by atoms with Crippen molar-refractivity contribution in [2.24, 2.45) is 5.92 Å². The summed E-state index contributed by atoms with van der Waals surface area (Å²) in [7, 11) is 0. The molecule has 4 rings (SSSR count). The van der Waals surface area contributed by atoms with Crippen LogP contribution in [0.1, 0.15) is 60.0 Å². The topological polar surface area (TPSA) is 33.5 Å². The smallest absolute Gasteiger partial charge is 0.289 e. The Labute approximate surface area is 146 Å². The Morgan fingerprint density at radius 2 is 1.96 bits per heavy atom. The zero-order valence-electron chi connectivity index (χ0n) is 14.0. The molecule has 3 aliphatic rings. The summed E-state index contributed by atoms with van der Waals surface area (Å²) >= 11 is 4.12. The molecule has 5 heteroatoms. The van der Waals surface area contributed by atoms with E-state index in [9.17, 15) is 4.79 Å². The molecule has 1 amide bonds. The normalized spacial score (nSPS) is 24.2. The van der Waals surface area contributed by atoms with Gasteiger partial charge in [0.05, 0.1) is 4.08 Å². The minimum atomic E-state index is 0.118. The summed E-state index contributed by atoms with van der Waals surface area (Å²) in [4.78, 5) is 15.0. The van der Waals surface area contributed by atoms with Crippen molar-refractivity contribution in [3.05, 3.63) is 22.6 Å². The minimum absolute atomic E-state index is 0.118. The zero-order valence-corrected chi connectivity index (χ0v) is 15.7. The SMILES string of the molecule is Cc1c(C(=O)N2CCC(C)CC2)oc2c1C1(CCC2)SCCS1. The van der Waals surface area contributed by atoms with Crippen LogP contribution in [0.25, 0.3) is 0 Å². The number of likely N-dealkylation sites (tertiary alicyclic amines) is 1. The number of furan rings is 1. The summed E-state index contributed by atoms with van der Waals surface area (Å²) < 4.78 is 6.31. The molecule has 0 aromatic carbocycles. The van der Waals surface area contributed by atoms with E-state index in [1.807, 2.05) is 4.90 Å². The number of carbonyl (C=O) groups excluding carboxylic acids is 1. The molecule has 3 heterocycles. The van der Waals surface area contributed by atoms with Gasteiger partial charge in [-0.3, -0.25) is 4.79 Å². The summed E-state index contributed by atoms with van der Waals surface area (Å²) in [6.07, 6.45) is 5.60. The first-order valence-corrected chi connectivity index (χ1v) is 10.8. The highest BCUT2D eigenvalue weighted by atomic mass is 32.2. The molecule has 0 unspecified atom stereocenters. The van der Waals surface area contributed by atoms with E-state index in [1.54, 1.807) is 0 Å². The summed E-state index contributed by atoms with van der Waals surface area (Å²) in [5, 5.41) is 0. The van der Waals surface area contributed by atoms with E-state index in [-0.39, 0.29) is 9.99 Å². The van der Waals surface area contributed by atoms with Gasteiger partial charge in [0, 0.05) is 42.1 Å². The molecule has 23 heavy (non-hydrogen) atoms. The van der Waals surface area contributed by atoms with E-state index in [1.165, 1.54) is 29.9 Å². The van der Waals surface area contributed by atoms with Gasteiger partial charge in [0.2, 0.25) is 0 Å². The summed E-state index contributed by atoms with van der Waals surface area (Å²) in [6, 6.07) is 0. The predicted octanol–water partition coefficient (Wildman–Crippen LogP) is 4.43. The first-order chi connectivity index (χ1) is 11.1. The number of hydrogen-bond acceptors (Lipinski definition) is 4. The molecule has 0 atom stereocenters. The van der Waals surface area contributed by atoms with Crippen molar-refractivity contribution in [1.29, 1.82) is 0 Å². The Bertz CT molecular complexity index is 611. The molecule has 0 bridgehead atoms. The lowest BCUT2D eigenvalue weighted by molar-refractivity contribution is 0.0662. The number of amides is 1. The van der Waals surface area contributed by atoms with Crippen molar-refractivity contribution in [2.45, 2.75) is 50.0 Å². The van der Waals surface area contributed by atoms with Crippen LogP contribution in [0, 0.1) is 12.8 Å². The molecule has 0 saturated carbocycles. The van der Waals surface area contributed by atoms with E-state index in [0.717, 1.165) is 49.6 Å². The van der Waals surface area contributed by atoms with Crippen LogP contribution in [-0.4, -0.2) is 35.4 Å². The van der Waals surface area contributed by atoms with Crippen LogP contribution in [0.5, 0.6) is 0 Å². The van der Waals surface area contributed by atoms with E-state index in [2.05, 4.69) is 37.4 Å². The highest BCUT2D eigenvalue weighted by Crippen LogP contribution is 2.59. The molecule has 1 aromatic rings. The molecule has 1 aromatic heterocycles.